The van der Waals surface area contributed by atoms with E-state index in [1.54, 1.807) is 0 Å². The summed E-state index contributed by atoms with van der Waals surface area (Å²) in [6, 6.07) is 167. The van der Waals surface area contributed by atoms with Crippen molar-refractivity contribution in [2.24, 2.45) is 0 Å². The minimum atomic E-state index is 0.556. The Morgan fingerprint density at radius 2 is 0.377 bits per heavy atom. The van der Waals surface area contributed by atoms with E-state index in [9.17, 15) is 0 Å². The van der Waals surface area contributed by atoms with Gasteiger partial charge in [-0.3, -0.25) is 0 Å². The number of hydrogen-bond acceptors (Lipinski definition) is 8. The van der Waals surface area contributed by atoms with Gasteiger partial charge in [0.05, 0.1) is 49.7 Å². The predicted octanol–water partition coefficient (Wildman–Crippen LogP) is 32.6. The van der Waals surface area contributed by atoms with Crippen molar-refractivity contribution < 1.29 is 8.83 Å². The van der Waals surface area contributed by atoms with Crippen LogP contribution in [0.3, 0.4) is 0 Å². The monoisotopic (exact) mass is 1760 g/mol. The van der Waals surface area contributed by atoms with Gasteiger partial charge in [0.2, 0.25) is 0 Å². The minimum Gasteiger partial charge on any atom is -0.455 e. The van der Waals surface area contributed by atoms with Crippen molar-refractivity contribution in [3.8, 4) is 136 Å². The first kappa shape index (κ1) is 79.0. The van der Waals surface area contributed by atoms with Crippen LogP contribution in [-0.4, -0.2) is 48.2 Å². The molecule has 0 unspecified atom stereocenters. The first-order valence-corrected chi connectivity index (χ1v) is 46.5. The number of para-hydroxylation sites is 9. The summed E-state index contributed by atoms with van der Waals surface area (Å²) in [6.45, 7) is 0. The molecule has 0 fully saturated rings. The Morgan fingerprint density at radius 3 is 0.725 bits per heavy atom. The Labute approximate surface area is 791 Å². The van der Waals surface area contributed by atoms with E-state index in [2.05, 4.69) is 364 Å². The van der Waals surface area contributed by atoms with Crippen LogP contribution in [0.4, 0.5) is 0 Å². The summed E-state index contributed by atoms with van der Waals surface area (Å²) in [7, 11) is 0. The van der Waals surface area contributed by atoms with Crippen molar-refractivity contribution >= 4 is 131 Å². The number of aromatic nitrogens is 10. The lowest BCUT2D eigenvalue weighted by Gasteiger charge is -2.09. The molecule has 20 aromatic carbocycles. The molecule has 644 valence electrons. The summed E-state index contributed by atoms with van der Waals surface area (Å²) in [4.78, 5) is 30.0. The van der Waals surface area contributed by atoms with Crippen molar-refractivity contribution in [2.45, 2.75) is 0 Å². The number of rotatable bonds is 14. The molecule has 8 heterocycles. The highest BCUT2D eigenvalue weighted by Crippen LogP contribution is 2.48. The van der Waals surface area contributed by atoms with Crippen LogP contribution in [0.25, 0.3) is 267 Å². The number of hydrogen-bond donors (Lipinski definition) is 0. The van der Waals surface area contributed by atoms with Gasteiger partial charge in [-0.2, -0.15) is 0 Å². The highest BCUT2D eigenvalue weighted by molar-refractivity contribution is 6.19. The summed E-state index contributed by atoms with van der Waals surface area (Å²) in [5.41, 5.74) is 31.3. The van der Waals surface area contributed by atoms with Crippen molar-refractivity contribution in [2.75, 3.05) is 0 Å². The van der Waals surface area contributed by atoms with E-state index in [1.807, 2.05) is 127 Å². The largest absolute Gasteiger partial charge is 0.455 e. The third kappa shape index (κ3) is 13.4. The van der Waals surface area contributed by atoms with Crippen LogP contribution < -0.4 is 0 Å². The second kappa shape index (κ2) is 32.6. The van der Waals surface area contributed by atoms with Gasteiger partial charge in [-0.15, -0.1) is 0 Å². The number of benzene rings is 20. The molecule has 138 heavy (non-hydrogen) atoms. The Bertz CT molecular complexity index is 9580. The normalized spacial score (nSPS) is 11.8. The molecule has 0 bridgehead atoms. The van der Waals surface area contributed by atoms with Gasteiger partial charge in [0.15, 0.2) is 34.9 Å². The predicted molar refractivity (Wildman–Crippen MR) is 566 cm³/mol. The van der Waals surface area contributed by atoms with Crippen LogP contribution in [-0.2, 0) is 0 Å². The zero-order chi connectivity index (χ0) is 90.8. The van der Waals surface area contributed by atoms with E-state index in [0.717, 1.165) is 155 Å². The topological polar surface area (TPSA) is 123 Å². The minimum absolute atomic E-state index is 0.556. The molecular weight excluding hydrogens is 1690 g/mol. The maximum absolute atomic E-state index is 7.05. The third-order valence-corrected chi connectivity index (χ3v) is 27.1. The van der Waals surface area contributed by atoms with Crippen LogP contribution >= 0.6 is 0 Å². The third-order valence-electron chi connectivity index (χ3n) is 27.1. The summed E-state index contributed by atoms with van der Waals surface area (Å²) in [5.74, 6) is 3.60. The number of fused-ring (bicyclic) bond motifs is 18. The molecule has 28 rings (SSSR count). The molecular formula is C126H78N10O2. The van der Waals surface area contributed by atoms with E-state index >= 15 is 0 Å². The first-order chi connectivity index (χ1) is 68.4. The molecule has 0 N–H and O–H groups in total. The van der Waals surface area contributed by atoms with Gasteiger partial charge in [-0.05, 0) is 185 Å². The standard InChI is InChI=1S/2C63H39N5O/c1-5-17-40(18-6-1)61-64-62(41-19-7-2-8-20-41)66-63(65-61)51-29-16-28-50-49-27-15-26-47(59(49)69-60(50)51)44-33-36-58-54(39-44)53-38-43(32-35-57(53)68(58)46-23-11-4-12-24-46)42-31-34-56-52(37-42)48-25-13-14-30-55(48)67(56)45-21-9-3-10-22-45;1-5-16-40(17-6-1)61-64-62(41-18-7-2-8-19-41)66-63(65-61)45-28-32-50-51-26-15-25-48(60(51)69-59(50)39-45)44-31-35-58-54(38-44)53-37-43(30-34-57(53)68(58)47-22-11-4-12-23-47)42-29-33-56-52(36-42)49-24-13-14-27-55(49)67(56)46-20-9-3-10-21-46/h2*1-39H. The van der Waals surface area contributed by atoms with Crippen LogP contribution in [0.2, 0.25) is 0 Å². The van der Waals surface area contributed by atoms with E-state index in [1.165, 1.54) is 76.5 Å². The molecule has 0 saturated carbocycles. The zero-order valence-corrected chi connectivity index (χ0v) is 74.3. The summed E-state index contributed by atoms with van der Waals surface area (Å²) < 4.78 is 23.4. The van der Waals surface area contributed by atoms with E-state index in [0.29, 0.717) is 34.9 Å². The second-order valence-electron chi connectivity index (χ2n) is 35.1. The van der Waals surface area contributed by atoms with Crippen molar-refractivity contribution in [1.82, 2.24) is 48.2 Å². The quantitative estimate of drug-likeness (QED) is 0.105. The number of nitrogens with zero attached hydrogens (tertiary/aromatic N) is 10. The van der Waals surface area contributed by atoms with Crippen LogP contribution in [0, 0.1) is 0 Å². The average Bonchev–Trinajstić information content (AvgIpc) is 1.57. The van der Waals surface area contributed by atoms with Gasteiger partial charge in [-0.25, -0.2) is 29.9 Å². The fraction of sp³-hybridized carbons (Fsp3) is 0. The SMILES string of the molecule is c1ccc(-c2nc(-c3ccccc3)nc(-c3ccc4c(c3)oc3c(-c5ccc6c(c5)c5cc(-c7ccc8c(c7)c7ccccc7n8-c7ccccc7)ccc5n6-c5ccccc5)cccc34)n2)cc1.c1ccc(-c2nc(-c3ccccc3)nc(-c3cccc4c3oc3c(-c5ccc6c(c5)c5cc(-c7ccc8c(c7)c7ccccc7n8-c7ccccc7)ccc5n6-c5ccccc5)cccc34)n2)cc1. The van der Waals surface area contributed by atoms with Gasteiger partial charge >= 0.3 is 0 Å². The molecule has 0 atom stereocenters. The molecule has 0 spiro atoms. The molecule has 8 aromatic heterocycles. The van der Waals surface area contributed by atoms with Gasteiger partial charge < -0.3 is 27.1 Å². The van der Waals surface area contributed by atoms with Crippen LogP contribution in [0.15, 0.2) is 482 Å². The summed E-state index contributed by atoms with van der Waals surface area (Å²) in [5, 5.41) is 13.7. The molecule has 0 radical (unpaired) electrons. The Morgan fingerprint density at radius 1 is 0.138 bits per heavy atom. The van der Waals surface area contributed by atoms with Crippen molar-refractivity contribution in [3.05, 3.63) is 473 Å². The van der Waals surface area contributed by atoms with Crippen molar-refractivity contribution in [1.29, 1.82) is 0 Å². The first-order valence-electron chi connectivity index (χ1n) is 46.5. The highest BCUT2D eigenvalue weighted by atomic mass is 16.3. The van der Waals surface area contributed by atoms with E-state index in [-0.39, 0.29) is 0 Å². The molecule has 12 nitrogen and oxygen atoms in total. The molecule has 0 aliphatic rings. The molecule has 0 saturated heterocycles. The average molecular weight is 1760 g/mol. The molecule has 12 heteroatoms. The van der Waals surface area contributed by atoms with Crippen LogP contribution in [0.5, 0.6) is 0 Å². The molecule has 0 aliphatic heterocycles. The Balaban J connectivity index is 0.000000139. The Kier molecular flexibility index (Phi) is 18.7. The lowest BCUT2D eigenvalue weighted by atomic mass is 9.98. The second-order valence-corrected chi connectivity index (χ2v) is 35.1. The molecule has 0 aliphatic carbocycles. The Hall–Kier alpha value is -18.8. The van der Waals surface area contributed by atoms with E-state index < -0.39 is 0 Å². The lowest BCUT2D eigenvalue weighted by Crippen LogP contribution is -2.00. The fourth-order valence-electron chi connectivity index (χ4n) is 20.7. The lowest BCUT2D eigenvalue weighted by molar-refractivity contribution is 0.670. The maximum Gasteiger partial charge on any atom is 0.167 e. The molecule has 0 amide bonds. The van der Waals surface area contributed by atoms with Gasteiger partial charge in [-0.1, -0.05) is 322 Å². The highest BCUT2D eigenvalue weighted by Gasteiger charge is 2.26. The smallest absolute Gasteiger partial charge is 0.167 e. The van der Waals surface area contributed by atoms with Crippen LogP contribution in [0.1, 0.15) is 0 Å². The summed E-state index contributed by atoms with van der Waals surface area (Å²) >= 11 is 0. The fourth-order valence-corrected chi connectivity index (χ4v) is 20.7. The van der Waals surface area contributed by atoms with E-state index in [4.69, 9.17) is 38.7 Å². The van der Waals surface area contributed by atoms with Gasteiger partial charge in [0.1, 0.15) is 22.3 Å². The van der Waals surface area contributed by atoms with Gasteiger partial charge in [0.25, 0.3) is 0 Å². The van der Waals surface area contributed by atoms with Gasteiger partial charge in [0, 0.05) is 126 Å². The zero-order valence-electron chi connectivity index (χ0n) is 74.3. The molecule has 28 aromatic rings. The summed E-state index contributed by atoms with van der Waals surface area (Å²) in [6.07, 6.45) is 0. The van der Waals surface area contributed by atoms with Crippen molar-refractivity contribution in [3.63, 3.8) is 0 Å². The maximum atomic E-state index is 7.05. The number of furan rings is 2.